The minimum absolute atomic E-state index is 0.0219. The second-order valence-corrected chi connectivity index (χ2v) is 3.66. The molecule has 0 heterocycles. The van der Waals surface area contributed by atoms with Gasteiger partial charge in [0.2, 0.25) is 5.91 Å². The molecule has 0 aliphatic rings. The summed E-state index contributed by atoms with van der Waals surface area (Å²) in [6.07, 6.45) is 1.28. The average molecular weight is 230 g/mol. The van der Waals surface area contributed by atoms with Crippen molar-refractivity contribution in [3.05, 3.63) is 0 Å². The smallest absolute Gasteiger partial charge is 0.310 e. The fraction of sp³-hybridized carbons (Fsp3) is 0.818. The van der Waals surface area contributed by atoms with Crippen LogP contribution in [0.5, 0.6) is 0 Å². The van der Waals surface area contributed by atoms with Gasteiger partial charge in [-0.1, -0.05) is 6.92 Å². The fourth-order valence-corrected chi connectivity index (χ4v) is 1.15. The third-order valence-corrected chi connectivity index (χ3v) is 2.12. The van der Waals surface area contributed by atoms with Gasteiger partial charge in [-0.2, -0.15) is 0 Å². The number of esters is 1. The summed E-state index contributed by atoms with van der Waals surface area (Å²) in [7, 11) is 1.85. The van der Waals surface area contributed by atoms with Gasteiger partial charge in [0, 0.05) is 13.0 Å². The van der Waals surface area contributed by atoms with Crippen molar-refractivity contribution < 1.29 is 14.3 Å². The molecule has 1 atom stereocenters. The maximum absolute atomic E-state index is 11.3. The summed E-state index contributed by atoms with van der Waals surface area (Å²) < 4.78 is 4.83. The second-order valence-electron chi connectivity index (χ2n) is 3.66. The van der Waals surface area contributed by atoms with Crippen molar-refractivity contribution in [1.82, 2.24) is 10.6 Å². The van der Waals surface area contributed by atoms with Crippen molar-refractivity contribution in [2.75, 3.05) is 26.7 Å². The van der Waals surface area contributed by atoms with Gasteiger partial charge in [0.25, 0.3) is 0 Å². The largest absolute Gasteiger partial charge is 0.466 e. The minimum atomic E-state index is -0.284. The van der Waals surface area contributed by atoms with Crippen LogP contribution in [0.2, 0.25) is 0 Å². The number of hydrogen-bond acceptors (Lipinski definition) is 4. The molecule has 5 nitrogen and oxygen atoms in total. The van der Waals surface area contributed by atoms with Crippen molar-refractivity contribution in [2.24, 2.45) is 5.92 Å². The maximum atomic E-state index is 11.3. The molecule has 0 radical (unpaired) electrons. The highest BCUT2D eigenvalue weighted by Crippen LogP contribution is 1.97. The molecule has 2 N–H and O–H groups in total. The quantitative estimate of drug-likeness (QED) is 0.465. The van der Waals surface area contributed by atoms with E-state index >= 15 is 0 Å². The van der Waals surface area contributed by atoms with Gasteiger partial charge in [-0.25, -0.2) is 0 Å². The molecule has 0 bridgehead atoms. The van der Waals surface area contributed by atoms with Gasteiger partial charge in [0.15, 0.2) is 0 Å². The van der Waals surface area contributed by atoms with Gasteiger partial charge < -0.3 is 15.4 Å². The van der Waals surface area contributed by atoms with E-state index in [1.54, 1.807) is 13.8 Å². The molecule has 0 saturated heterocycles. The standard InChI is InChI=1S/C11H22N2O3/c1-4-16-11(15)9(2)8-13-10(14)6-5-7-12-3/h9,12H,4-8H2,1-3H3,(H,13,14). The summed E-state index contributed by atoms with van der Waals surface area (Å²) in [4.78, 5) is 22.5. The Morgan fingerprint density at radius 1 is 1.38 bits per heavy atom. The van der Waals surface area contributed by atoms with E-state index in [0.29, 0.717) is 19.6 Å². The van der Waals surface area contributed by atoms with Crippen molar-refractivity contribution in [3.63, 3.8) is 0 Å². The number of nitrogens with one attached hydrogen (secondary N) is 2. The molecular weight excluding hydrogens is 208 g/mol. The Balaban J connectivity index is 3.62. The molecule has 94 valence electrons. The van der Waals surface area contributed by atoms with E-state index in [1.165, 1.54) is 0 Å². The first kappa shape index (κ1) is 14.9. The normalized spacial score (nSPS) is 11.9. The Labute approximate surface area is 96.9 Å². The lowest BCUT2D eigenvalue weighted by molar-refractivity contribution is -0.147. The van der Waals surface area contributed by atoms with Gasteiger partial charge in [0.05, 0.1) is 12.5 Å². The summed E-state index contributed by atoms with van der Waals surface area (Å²) >= 11 is 0. The Morgan fingerprint density at radius 2 is 2.06 bits per heavy atom. The Morgan fingerprint density at radius 3 is 2.62 bits per heavy atom. The fourth-order valence-electron chi connectivity index (χ4n) is 1.15. The molecule has 0 aromatic rings. The molecule has 5 heteroatoms. The molecule has 0 aliphatic heterocycles. The van der Waals surface area contributed by atoms with Crippen LogP contribution in [0.3, 0.4) is 0 Å². The highest BCUT2D eigenvalue weighted by atomic mass is 16.5. The van der Waals surface area contributed by atoms with E-state index in [2.05, 4.69) is 10.6 Å². The van der Waals surface area contributed by atoms with Crippen molar-refractivity contribution in [2.45, 2.75) is 26.7 Å². The van der Waals surface area contributed by atoms with Crippen LogP contribution in [0.4, 0.5) is 0 Å². The highest BCUT2D eigenvalue weighted by Gasteiger charge is 2.14. The highest BCUT2D eigenvalue weighted by molar-refractivity contribution is 5.77. The molecular formula is C11H22N2O3. The Bertz CT molecular complexity index is 219. The monoisotopic (exact) mass is 230 g/mol. The molecule has 0 fully saturated rings. The van der Waals surface area contributed by atoms with Gasteiger partial charge in [-0.05, 0) is 26.9 Å². The van der Waals surface area contributed by atoms with E-state index < -0.39 is 0 Å². The second kappa shape index (κ2) is 9.15. The van der Waals surface area contributed by atoms with Crippen LogP contribution in [0, 0.1) is 5.92 Å². The van der Waals surface area contributed by atoms with Crippen molar-refractivity contribution >= 4 is 11.9 Å². The molecule has 0 aliphatic carbocycles. The predicted octanol–water partition coefficient (Wildman–Crippen LogP) is 0.301. The third kappa shape index (κ3) is 7.23. The lowest BCUT2D eigenvalue weighted by atomic mass is 10.2. The van der Waals surface area contributed by atoms with Crippen LogP contribution in [0.15, 0.2) is 0 Å². The van der Waals surface area contributed by atoms with Crippen LogP contribution in [-0.2, 0) is 14.3 Å². The van der Waals surface area contributed by atoms with Crippen LogP contribution in [0.1, 0.15) is 26.7 Å². The SMILES string of the molecule is CCOC(=O)C(C)CNC(=O)CCCNC. The topological polar surface area (TPSA) is 67.4 Å². The van der Waals surface area contributed by atoms with Gasteiger partial charge in [-0.3, -0.25) is 9.59 Å². The van der Waals surface area contributed by atoms with Gasteiger partial charge in [-0.15, -0.1) is 0 Å². The zero-order chi connectivity index (χ0) is 12.4. The summed E-state index contributed by atoms with van der Waals surface area (Å²) in [6, 6.07) is 0. The molecule has 0 saturated carbocycles. The lowest BCUT2D eigenvalue weighted by Crippen LogP contribution is -2.32. The van der Waals surface area contributed by atoms with Gasteiger partial charge in [0.1, 0.15) is 0 Å². The van der Waals surface area contributed by atoms with Crippen LogP contribution in [0.25, 0.3) is 0 Å². The predicted molar refractivity (Wildman–Crippen MR) is 62.0 cm³/mol. The molecule has 1 amide bonds. The molecule has 0 rings (SSSR count). The summed E-state index contributed by atoms with van der Waals surface area (Å²) in [5, 5.41) is 5.68. The maximum Gasteiger partial charge on any atom is 0.310 e. The molecule has 0 aromatic carbocycles. The summed E-state index contributed by atoms with van der Waals surface area (Å²) in [5.41, 5.74) is 0. The zero-order valence-corrected chi connectivity index (χ0v) is 10.3. The Hall–Kier alpha value is -1.10. The molecule has 1 unspecified atom stereocenters. The molecule has 0 aromatic heterocycles. The average Bonchev–Trinajstić information content (AvgIpc) is 2.26. The first-order valence-corrected chi connectivity index (χ1v) is 5.69. The van der Waals surface area contributed by atoms with Crippen molar-refractivity contribution in [3.8, 4) is 0 Å². The zero-order valence-electron chi connectivity index (χ0n) is 10.3. The van der Waals surface area contributed by atoms with Crippen LogP contribution < -0.4 is 10.6 Å². The number of carbonyl (C=O) groups excluding carboxylic acids is 2. The van der Waals surface area contributed by atoms with E-state index in [-0.39, 0.29) is 17.8 Å². The molecule has 16 heavy (non-hydrogen) atoms. The van der Waals surface area contributed by atoms with E-state index in [0.717, 1.165) is 13.0 Å². The number of rotatable bonds is 8. The van der Waals surface area contributed by atoms with E-state index in [9.17, 15) is 9.59 Å². The minimum Gasteiger partial charge on any atom is -0.466 e. The number of carbonyl (C=O) groups is 2. The molecule has 0 spiro atoms. The summed E-state index contributed by atoms with van der Waals surface area (Å²) in [5.74, 6) is -0.572. The lowest BCUT2D eigenvalue weighted by Gasteiger charge is -2.11. The number of amides is 1. The number of ether oxygens (including phenoxy) is 1. The van der Waals surface area contributed by atoms with Gasteiger partial charge >= 0.3 is 5.97 Å². The van der Waals surface area contributed by atoms with E-state index in [1.807, 2.05) is 7.05 Å². The first-order valence-electron chi connectivity index (χ1n) is 5.69. The number of hydrogen-bond donors (Lipinski definition) is 2. The third-order valence-electron chi connectivity index (χ3n) is 2.12. The van der Waals surface area contributed by atoms with Crippen LogP contribution >= 0.6 is 0 Å². The first-order chi connectivity index (χ1) is 7.61. The van der Waals surface area contributed by atoms with E-state index in [4.69, 9.17) is 4.74 Å². The summed E-state index contributed by atoms with van der Waals surface area (Å²) in [6.45, 7) is 5.05. The van der Waals surface area contributed by atoms with Crippen molar-refractivity contribution in [1.29, 1.82) is 0 Å². The van der Waals surface area contributed by atoms with Crippen LogP contribution in [-0.4, -0.2) is 38.6 Å². The Kier molecular flexibility index (Phi) is 8.52.